The highest BCUT2D eigenvalue weighted by Crippen LogP contribution is 2.26. The average molecular weight is 235 g/mol. The molecule has 18 heavy (non-hydrogen) atoms. The third-order valence-corrected chi connectivity index (χ3v) is 3.48. The molecule has 0 spiro atoms. The number of nitrogens with two attached hydrogens (primary N) is 1. The fourth-order valence-electron chi connectivity index (χ4n) is 2.51. The molecule has 1 nitrogen and oxygen atoms in total. The molecule has 0 aliphatic carbocycles. The summed E-state index contributed by atoms with van der Waals surface area (Å²) in [6.45, 7) is 0.758. The number of benzene rings is 3. The quantitative estimate of drug-likeness (QED) is 0.685. The SMILES string of the molecule is NCCCc1ccc2ccc3ccccc3c2c1. The lowest BCUT2D eigenvalue weighted by atomic mass is 9.98. The van der Waals surface area contributed by atoms with Crippen molar-refractivity contribution in [3.05, 3.63) is 60.2 Å². The van der Waals surface area contributed by atoms with Gasteiger partial charge in [0.05, 0.1) is 0 Å². The Kier molecular flexibility index (Phi) is 2.99. The van der Waals surface area contributed by atoms with E-state index in [2.05, 4.69) is 54.6 Å². The molecule has 0 amide bonds. The average Bonchev–Trinajstić information content (AvgIpc) is 2.45. The van der Waals surface area contributed by atoms with E-state index in [0.717, 1.165) is 19.4 Å². The minimum Gasteiger partial charge on any atom is -0.330 e. The zero-order chi connectivity index (χ0) is 12.4. The van der Waals surface area contributed by atoms with Crippen LogP contribution in [0.2, 0.25) is 0 Å². The van der Waals surface area contributed by atoms with Crippen LogP contribution in [0.25, 0.3) is 21.5 Å². The van der Waals surface area contributed by atoms with Gasteiger partial charge in [-0.2, -0.15) is 0 Å². The van der Waals surface area contributed by atoms with Gasteiger partial charge in [0.1, 0.15) is 0 Å². The van der Waals surface area contributed by atoms with Gasteiger partial charge in [-0.25, -0.2) is 0 Å². The second-order valence-corrected chi connectivity index (χ2v) is 4.73. The van der Waals surface area contributed by atoms with E-state index in [1.54, 1.807) is 0 Å². The number of aryl methyl sites for hydroxylation is 1. The first-order valence-corrected chi connectivity index (χ1v) is 6.49. The third-order valence-electron chi connectivity index (χ3n) is 3.48. The molecule has 90 valence electrons. The topological polar surface area (TPSA) is 26.0 Å². The van der Waals surface area contributed by atoms with Gasteiger partial charge < -0.3 is 5.73 Å². The van der Waals surface area contributed by atoms with Crippen molar-refractivity contribution in [1.29, 1.82) is 0 Å². The summed E-state index contributed by atoms with van der Waals surface area (Å²) in [6, 6.07) is 19.7. The van der Waals surface area contributed by atoms with Crippen LogP contribution in [0.3, 0.4) is 0 Å². The Bertz CT molecular complexity index is 685. The third kappa shape index (κ3) is 1.98. The zero-order valence-corrected chi connectivity index (χ0v) is 10.4. The summed E-state index contributed by atoms with van der Waals surface area (Å²) in [6.07, 6.45) is 2.12. The molecule has 0 saturated carbocycles. The molecule has 0 saturated heterocycles. The molecule has 0 unspecified atom stereocenters. The Morgan fingerprint density at radius 2 is 1.50 bits per heavy atom. The molecule has 2 N–H and O–H groups in total. The van der Waals surface area contributed by atoms with E-state index in [9.17, 15) is 0 Å². The molecule has 0 bridgehead atoms. The molecule has 1 heteroatoms. The van der Waals surface area contributed by atoms with Gasteiger partial charge in [0.25, 0.3) is 0 Å². The van der Waals surface area contributed by atoms with Crippen molar-refractivity contribution in [1.82, 2.24) is 0 Å². The highest BCUT2D eigenvalue weighted by molar-refractivity contribution is 6.07. The molecule has 0 fully saturated rings. The second kappa shape index (κ2) is 4.79. The predicted octanol–water partition coefficient (Wildman–Crippen LogP) is 3.88. The van der Waals surface area contributed by atoms with Crippen molar-refractivity contribution < 1.29 is 0 Å². The van der Waals surface area contributed by atoms with E-state index in [0.29, 0.717) is 0 Å². The van der Waals surface area contributed by atoms with Crippen LogP contribution < -0.4 is 5.73 Å². The highest BCUT2D eigenvalue weighted by Gasteiger charge is 2.01. The number of hydrogen-bond acceptors (Lipinski definition) is 1. The first-order chi connectivity index (χ1) is 8.88. The van der Waals surface area contributed by atoms with Crippen LogP contribution in [0.5, 0.6) is 0 Å². The molecule has 3 aromatic rings. The van der Waals surface area contributed by atoms with E-state index < -0.39 is 0 Å². The van der Waals surface area contributed by atoms with Crippen molar-refractivity contribution in [2.45, 2.75) is 12.8 Å². The van der Waals surface area contributed by atoms with Crippen LogP contribution in [-0.4, -0.2) is 6.54 Å². The second-order valence-electron chi connectivity index (χ2n) is 4.73. The van der Waals surface area contributed by atoms with Crippen LogP contribution >= 0.6 is 0 Å². The van der Waals surface area contributed by atoms with Crippen molar-refractivity contribution in [3.8, 4) is 0 Å². The van der Waals surface area contributed by atoms with Gasteiger partial charge >= 0.3 is 0 Å². The maximum atomic E-state index is 5.58. The summed E-state index contributed by atoms with van der Waals surface area (Å²) < 4.78 is 0. The van der Waals surface area contributed by atoms with Gasteiger partial charge in [-0.15, -0.1) is 0 Å². The van der Waals surface area contributed by atoms with Crippen molar-refractivity contribution in [2.75, 3.05) is 6.54 Å². The zero-order valence-electron chi connectivity index (χ0n) is 10.4. The smallest absolute Gasteiger partial charge is 0.00741 e. The molecular formula is C17H17N. The Morgan fingerprint density at radius 3 is 2.33 bits per heavy atom. The predicted molar refractivity (Wildman–Crippen MR) is 78.8 cm³/mol. The van der Waals surface area contributed by atoms with Gasteiger partial charge in [0.15, 0.2) is 0 Å². The van der Waals surface area contributed by atoms with Gasteiger partial charge in [-0.1, -0.05) is 54.6 Å². The van der Waals surface area contributed by atoms with E-state index in [4.69, 9.17) is 5.73 Å². The van der Waals surface area contributed by atoms with Gasteiger partial charge in [-0.3, -0.25) is 0 Å². The fraction of sp³-hybridized carbons (Fsp3) is 0.176. The summed E-state index contributed by atoms with van der Waals surface area (Å²) in [7, 11) is 0. The molecule has 3 rings (SSSR count). The van der Waals surface area contributed by atoms with Crippen molar-refractivity contribution in [2.24, 2.45) is 5.73 Å². The van der Waals surface area contributed by atoms with Crippen molar-refractivity contribution in [3.63, 3.8) is 0 Å². The van der Waals surface area contributed by atoms with Gasteiger partial charge in [0.2, 0.25) is 0 Å². The molecule has 0 aliphatic heterocycles. The molecule has 0 radical (unpaired) electrons. The van der Waals surface area contributed by atoms with Crippen LogP contribution in [-0.2, 0) is 6.42 Å². The minimum atomic E-state index is 0.758. The maximum Gasteiger partial charge on any atom is -0.00741 e. The lowest BCUT2D eigenvalue weighted by molar-refractivity contribution is 0.833. The molecule has 0 aromatic heterocycles. The summed E-state index contributed by atoms with van der Waals surface area (Å²) in [5.74, 6) is 0. The summed E-state index contributed by atoms with van der Waals surface area (Å²) in [5.41, 5.74) is 6.96. The van der Waals surface area contributed by atoms with E-state index in [-0.39, 0.29) is 0 Å². The first kappa shape index (κ1) is 11.2. The highest BCUT2D eigenvalue weighted by atomic mass is 14.5. The lowest BCUT2D eigenvalue weighted by Gasteiger charge is -2.06. The maximum absolute atomic E-state index is 5.58. The molecular weight excluding hydrogens is 218 g/mol. The molecule has 0 atom stereocenters. The first-order valence-electron chi connectivity index (χ1n) is 6.49. The normalized spacial score (nSPS) is 11.2. The van der Waals surface area contributed by atoms with Gasteiger partial charge in [0, 0.05) is 0 Å². The summed E-state index contributed by atoms with van der Waals surface area (Å²) >= 11 is 0. The Balaban J connectivity index is 2.20. The molecule has 0 aliphatic rings. The van der Waals surface area contributed by atoms with E-state index >= 15 is 0 Å². The summed E-state index contributed by atoms with van der Waals surface area (Å²) in [5, 5.41) is 5.30. The van der Waals surface area contributed by atoms with Crippen LogP contribution in [0.15, 0.2) is 54.6 Å². The van der Waals surface area contributed by atoms with Gasteiger partial charge in [-0.05, 0) is 46.5 Å². The van der Waals surface area contributed by atoms with E-state index in [1.807, 2.05) is 0 Å². The lowest BCUT2D eigenvalue weighted by Crippen LogP contribution is -2.00. The minimum absolute atomic E-state index is 0.758. The van der Waals surface area contributed by atoms with E-state index in [1.165, 1.54) is 27.1 Å². The number of fused-ring (bicyclic) bond motifs is 3. The van der Waals surface area contributed by atoms with Crippen molar-refractivity contribution >= 4 is 21.5 Å². The van der Waals surface area contributed by atoms with Crippen LogP contribution in [0, 0.1) is 0 Å². The Hall–Kier alpha value is -1.86. The molecule has 0 heterocycles. The standard InChI is InChI=1S/C17H17N/c18-11-3-4-13-7-8-15-10-9-14-5-1-2-6-16(14)17(15)12-13/h1-2,5-10,12H,3-4,11,18H2. The number of rotatable bonds is 3. The Labute approximate surface area is 107 Å². The summed E-state index contributed by atoms with van der Waals surface area (Å²) in [4.78, 5) is 0. The number of hydrogen-bond donors (Lipinski definition) is 1. The molecule has 3 aromatic carbocycles. The Morgan fingerprint density at radius 1 is 0.778 bits per heavy atom. The van der Waals surface area contributed by atoms with Crippen LogP contribution in [0.4, 0.5) is 0 Å². The van der Waals surface area contributed by atoms with Crippen LogP contribution in [0.1, 0.15) is 12.0 Å². The fourth-order valence-corrected chi connectivity index (χ4v) is 2.51. The largest absolute Gasteiger partial charge is 0.330 e. The monoisotopic (exact) mass is 235 g/mol.